The lowest BCUT2D eigenvalue weighted by Gasteiger charge is -2.31. The van der Waals surface area contributed by atoms with Gasteiger partial charge in [-0.3, -0.25) is 9.59 Å². The summed E-state index contributed by atoms with van der Waals surface area (Å²) in [4.78, 5) is 30.9. The number of hydrogen-bond acceptors (Lipinski definition) is 6. The molecular formula is C37H32F3N3O4. The van der Waals surface area contributed by atoms with Gasteiger partial charge in [0, 0.05) is 61.5 Å². The molecule has 1 aliphatic rings. The largest absolute Gasteiger partial charge is 0.457 e. The minimum absolute atomic E-state index is 0.0870. The molecule has 2 N–H and O–H groups in total. The maximum Gasteiger partial charge on any atom is 0.253 e. The van der Waals surface area contributed by atoms with E-state index in [1.165, 1.54) is 23.1 Å². The van der Waals surface area contributed by atoms with Crippen molar-refractivity contribution in [3.8, 4) is 22.6 Å². The van der Waals surface area contributed by atoms with Crippen LogP contribution in [0.25, 0.3) is 28.2 Å². The van der Waals surface area contributed by atoms with E-state index < -0.39 is 30.5 Å². The van der Waals surface area contributed by atoms with Gasteiger partial charge in [-0.15, -0.1) is 0 Å². The average molecular weight is 640 g/mol. The van der Waals surface area contributed by atoms with Crippen LogP contribution in [0.5, 0.6) is 11.5 Å². The molecule has 6 rings (SSSR count). The Morgan fingerprint density at radius 1 is 1.02 bits per heavy atom. The monoisotopic (exact) mass is 639 g/mol. The molecular weight excluding hydrogens is 607 g/mol. The highest BCUT2D eigenvalue weighted by Gasteiger charge is 2.36. The first-order chi connectivity index (χ1) is 22.5. The highest BCUT2D eigenvalue weighted by atomic mass is 19.3. The van der Waals surface area contributed by atoms with Crippen molar-refractivity contribution in [2.24, 2.45) is 0 Å². The van der Waals surface area contributed by atoms with Crippen LogP contribution in [0.15, 0.2) is 89.5 Å². The maximum atomic E-state index is 15.6. The molecule has 3 aromatic carbocycles. The standard InChI is InChI=1S/C37H32F3N3O4/c1-23-2-9-29(10-3-23)46-33-21-26(31-12-6-25(20-32(31)38)36(45)43-16-14-37(39,40)15-17-43)18-27-19-30(47-35(27)33)11-8-28(44)7-4-24-5-13-34(41)42-22-24/h2-7,9-10,12-13,18-22H,8,11,14-17H2,1H3,(H2,41,42)/b7-4+. The molecule has 0 unspecified atom stereocenters. The number of fused-ring (bicyclic) bond motifs is 1. The number of likely N-dealkylation sites (tertiary alicyclic amines) is 1. The summed E-state index contributed by atoms with van der Waals surface area (Å²) in [5.74, 6) is -2.17. The molecule has 0 atom stereocenters. The third-order valence-corrected chi connectivity index (χ3v) is 8.08. The molecule has 1 saturated heterocycles. The van der Waals surface area contributed by atoms with Gasteiger partial charge in [0.25, 0.3) is 11.8 Å². The number of amides is 1. The van der Waals surface area contributed by atoms with Gasteiger partial charge in [0.1, 0.15) is 23.1 Å². The summed E-state index contributed by atoms with van der Waals surface area (Å²) in [5, 5.41) is 0.643. The Hall–Kier alpha value is -5.38. The zero-order chi connectivity index (χ0) is 33.1. The van der Waals surface area contributed by atoms with Crippen LogP contribution in [0.2, 0.25) is 0 Å². The van der Waals surface area contributed by atoms with Crippen LogP contribution in [0.1, 0.15) is 46.5 Å². The molecule has 0 spiro atoms. The van der Waals surface area contributed by atoms with Crippen molar-refractivity contribution in [3.05, 3.63) is 113 Å². The van der Waals surface area contributed by atoms with Crippen molar-refractivity contribution in [1.82, 2.24) is 9.88 Å². The van der Waals surface area contributed by atoms with Crippen molar-refractivity contribution in [2.45, 2.75) is 38.5 Å². The second-order valence-electron chi connectivity index (χ2n) is 11.7. The SMILES string of the molecule is Cc1ccc(Oc2cc(-c3ccc(C(=O)N4CCC(F)(F)CC4)cc3F)cc3cc(CCC(=O)/C=C/c4ccc(N)nc4)oc23)cc1. The summed E-state index contributed by atoms with van der Waals surface area (Å²) < 4.78 is 55.2. The third-order valence-electron chi connectivity index (χ3n) is 8.08. The first kappa shape index (κ1) is 31.6. The summed E-state index contributed by atoms with van der Waals surface area (Å²) in [5.41, 5.74) is 8.65. The summed E-state index contributed by atoms with van der Waals surface area (Å²) in [6.45, 7) is 1.79. The number of piperidine rings is 1. The van der Waals surface area contributed by atoms with Crippen LogP contribution < -0.4 is 10.5 Å². The van der Waals surface area contributed by atoms with Gasteiger partial charge in [0.05, 0.1) is 0 Å². The van der Waals surface area contributed by atoms with Crippen LogP contribution in [0, 0.1) is 12.7 Å². The highest BCUT2D eigenvalue weighted by molar-refractivity contribution is 5.96. The Kier molecular flexibility index (Phi) is 8.84. The van der Waals surface area contributed by atoms with Crippen molar-refractivity contribution in [1.29, 1.82) is 0 Å². The third kappa shape index (κ3) is 7.54. The molecule has 1 amide bonds. The lowest BCUT2D eigenvalue weighted by Crippen LogP contribution is -2.42. The smallest absolute Gasteiger partial charge is 0.253 e. The van der Waals surface area contributed by atoms with Gasteiger partial charge in [-0.25, -0.2) is 18.2 Å². The van der Waals surface area contributed by atoms with E-state index in [2.05, 4.69) is 4.98 Å². The van der Waals surface area contributed by atoms with Gasteiger partial charge in [-0.2, -0.15) is 0 Å². The molecule has 3 heterocycles. The number of alkyl halides is 2. The molecule has 0 bridgehead atoms. The quantitative estimate of drug-likeness (QED) is 0.163. The zero-order valence-electron chi connectivity index (χ0n) is 25.6. The lowest BCUT2D eigenvalue weighted by atomic mass is 10.00. The van der Waals surface area contributed by atoms with Gasteiger partial charge in [0.2, 0.25) is 0 Å². The average Bonchev–Trinajstić information content (AvgIpc) is 3.47. The Bertz CT molecular complexity index is 1960. The van der Waals surface area contributed by atoms with Crippen LogP contribution in [-0.2, 0) is 11.2 Å². The van der Waals surface area contributed by atoms with Crippen LogP contribution in [0.3, 0.4) is 0 Å². The van der Waals surface area contributed by atoms with E-state index in [1.54, 1.807) is 42.6 Å². The van der Waals surface area contributed by atoms with Crippen LogP contribution in [0.4, 0.5) is 19.0 Å². The fourth-order valence-corrected chi connectivity index (χ4v) is 5.40. The number of hydrogen-bond donors (Lipinski definition) is 1. The molecule has 47 heavy (non-hydrogen) atoms. The Morgan fingerprint density at radius 3 is 2.49 bits per heavy atom. The fourth-order valence-electron chi connectivity index (χ4n) is 5.40. The number of pyridine rings is 1. The number of aromatic nitrogens is 1. The van der Waals surface area contributed by atoms with E-state index >= 15 is 4.39 Å². The van der Waals surface area contributed by atoms with E-state index in [4.69, 9.17) is 14.9 Å². The van der Waals surface area contributed by atoms with Crippen molar-refractivity contribution in [3.63, 3.8) is 0 Å². The number of halogens is 3. The zero-order valence-corrected chi connectivity index (χ0v) is 25.6. The summed E-state index contributed by atoms with van der Waals surface area (Å²) >= 11 is 0. The van der Waals surface area contributed by atoms with Gasteiger partial charge in [0.15, 0.2) is 17.1 Å². The first-order valence-corrected chi connectivity index (χ1v) is 15.2. The molecule has 0 radical (unpaired) electrons. The number of nitrogen functional groups attached to an aromatic ring is 1. The minimum Gasteiger partial charge on any atom is -0.457 e. The normalized spacial score (nSPS) is 14.5. The van der Waals surface area contributed by atoms with E-state index in [0.29, 0.717) is 46.0 Å². The van der Waals surface area contributed by atoms with E-state index in [1.807, 2.05) is 31.2 Å². The maximum absolute atomic E-state index is 15.6. The number of carbonyl (C=O) groups excluding carboxylic acids is 2. The number of ketones is 1. The Labute approximate surface area is 269 Å². The molecule has 1 fully saturated rings. The number of anilines is 1. The number of allylic oxidation sites excluding steroid dienone is 1. The molecule has 0 saturated carbocycles. The number of ether oxygens (including phenoxy) is 1. The molecule has 1 aliphatic heterocycles. The van der Waals surface area contributed by atoms with Crippen molar-refractivity contribution < 1.29 is 31.9 Å². The van der Waals surface area contributed by atoms with Gasteiger partial charge < -0.3 is 19.8 Å². The predicted octanol–water partition coefficient (Wildman–Crippen LogP) is 8.40. The van der Waals surface area contributed by atoms with E-state index in [-0.39, 0.29) is 36.4 Å². The van der Waals surface area contributed by atoms with Gasteiger partial charge in [-0.05, 0) is 84.8 Å². The molecule has 5 aromatic rings. The first-order valence-electron chi connectivity index (χ1n) is 15.2. The number of rotatable bonds is 9. The number of carbonyl (C=O) groups is 2. The Balaban J connectivity index is 1.26. The number of nitrogens with zero attached hydrogens (tertiary/aromatic N) is 2. The van der Waals surface area contributed by atoms with Gasteiger partial charge >= 0.3 is 0 Å². The topological polar surface area (TPSA) is 98.7 Å². The Morgan fingerprint density at radius 2 is 1.79 bits per heavy atom. The molecule has 240 valence electrons. The second kappa shape index (κ2) is 13.2. The summed E-state index contributed by atoms with van der Waals surface area (Å²) in [7, 11) is 0. The summed E-state index contributed by atoms with van der Waals surface area (Å²) in [6, 6.07) is 20.2. The minimum atomic E-state index is -2.79. The van der Waals surface area contributed by atoms with Crippen LogP contribution in [-0.4, -0.2) is 40.6 Å². The molecule has 0 aliphatic carbocycles. The summed E-state index contributed by atoms with van der Waals surface area (Å²) in [6.07, 6.45) is 4.43. The van der Waals surface area contributed by atoms with E-state index in [9.17, 15) is 18.4 Å². The number of furan rings is 1. The fraction of sp³-hybridized carbons (Fsp3) is 0.216. The predicted molar refractivity (Wildman–Crippen MR) is 174 cm³/mol. The molecule has 2 aromatic heterocycles. The lowest BCUT2D eigenvalue weighted by molar-refractivity contribution is -0.114. The van der Waals surface area contributed by atoms with E-state index in [0.717, 1.165) is 17.2 Å². The number of aryl methyl sites for hydroxylation is 2. The molecule has 10 heteroatoms. The van der Waals surface area contributed by atoms with Crippen molar-refractivity contribution >= 4 is 34.6 Å². The highest BCUT2D eigenvalue weighted by Crippen LogP contribution is 2.38. The van der Waals surface area contributed by atoms with Crippen molar-refractivity contribution in [2.75, 3.05) is 18.8 Å². The number of benzene rings is 3. The number of nitrogens with two attached hydrogens (primary N) is 1. The second-order valence-corrected chi connectivity index (χ2v) is 11.7. The van der Waals surface area contributed by atoms with Crippen LogP contribution >= 0.6 is 0 Å². The van der Waals surface area contributed by atoms with Gasteiger partial charge in [-0.1, -0.05) is 23.8 Å². The molecule has 7 nitrogen and oxygen atoms in total.